The van der Waals surface area contributed by atoms with Gasteiger partial charge in [0.25, 0.3) is 15.9 Å². The third-order valence-electron chi connectivity index (χ3n) is 4.76. The summed E-state index contributed by atoms with van der Waals surface area (Å²) in [6.45, 7) is 1.75. The first-order valence-corrected chi connectivity index (χ1v) is 11.7. The Kier molecular flexibility index (Phi) is 7.68. The van der Waals surface area contributed by atoms with E-state index in [-0.39, 0.29) is 28.0 Å². The lowest BCUT2D eigenvalue weighted by molar-refractivity contribution is -0.114. The first kappa shape index (κ1) is 23.8. The maximum Gasteiger partial charge on any atom is 0.261 e. The van der Waals surface area contributed by atoms with Gasteiger partial charge in [0.05, 0.1) is 23.3 Å². The van der Waals surface area contributed by atoms with Crippen LogP contribution in [0.15, 0.2) is 77.7 Å². The van der Waals surface area contributed by atoms with Crippen molar-refractivity contribution in [2.75, 3.05) is 23.7 Å². The number of hydrogen-bond donors (Lipinski definition) is 3. The lowest BCUT2D eigenvalue weighted by Crippen LogP contribution is -2.27. The van der Waals surface area contributed by atoms with Crippen LogP contribution in [0.2, 0.25) is 0 Å². The maximum absolute atomic E-state index is 12.8. The van der Waals surface area contributed by atoms with Crippen LogP contribution in [-0.4, -0.2) is 33.9 Å². The molecule has 0 bridgehead atoms. The summed E-state index contributed by atoms with van der Waals surface area (Å²) in [7, 11) is -2.34. The molecule has 0 saturated heterocycles. The molecule has 3 aromatic rings. The van der Waals surface area contributed by atoms with Gasteiger partial charge in [0.1, 0.15) is 5.75 Å². The Labute approximate surface area is 193 Å². The lowest BCUT2D eigenvalue weighted by Gasteiger charge is -2.13. The number of sulfonamides is 1. The molecule has 33 heavy (non-hydrogen) atoms. The highest BCUT2D eigenvalue weighted by Gasteiger charge is 2.18. The minimum Gasteiger partial charge on any atom is -0.497 e. The molecule has 0 unspecified atom stereocenters. The monoisotopic (exact) mass is 467 g/mol. The van der Waals surface area contributed by atoms with Gasteiger partial charge in [-0.2, -0.15) is 0 Å². The van der Waals surface area contributed by atoms with Crippen LogP contribution in [0, 0.1) is 0 Å². The van der Waals surface area contributed by atoms with Gasteiger partial charge < -0.3 is 15.4 Å². The van der Waals surface area contributed by atoms with E-state index in [0.717, 1.165) is 11.3 Å². The van der Waals surface area contributed by atoms with E-state index in [0.29, 0.717) is 18.7 Å². The number of para-hydroxylation sites is 1. The SMILES string of the molecule is COc1ccc(CCNC(=O)c2ccccc2NS(=O)(=O)c2ccc(NC(C)=O)cc2)cc1. The number of anilines is 2. The molecule has 0 aliphatic heterocycles. The Morgan fingerprint density at radius 2 is 1.58 bits per heavy atom. The summed E-state index contributed by atoms with van der Waals surface area (Å²) < 4.78 is 33.3. The number of benzene rings is 3. The second-order valence-electron chi connectivity index (χ2n) is 7.21. The smallest absolute Gasteiger partial charge is 0.261 e. The van der Waals surface area contributed by atoms with Crippen LogP contribution in [0.25, 0.3) is 0 Å². The standard InChI is InChI=1S/C24H25N3O5S/c1-17(28)26-19-9-13-21(14-10-19)33(30,31)27-23-6-4-3-5-22(23)24(29)25-16-15-18-7-11-20(32-2)12-8-18/h3-14,27H,15-16H2,1-2H3,(H,25,29)(H,26,28). The van der Waals surface area contributed by atoms with Crippen LogP contribution in [-0.2, 0) is 21.2 Å². The number of carbonyl (C=O) groups excluding carboxylic acids is 2. The zero-order chi connectivity index (χ0) is 23.8. The normalized spacial score (nSPS) is 10.8. The summed E-state index contributed by atoms with van der Waals surface area (Å²) >= 11 is 0. The molecule has 0 aliphatic carbocycles. The summed E-state index contributed by atoms with van der Waals surface area (Å²) in [4.78, 5) is 23.9. The van der Waals surface area contributed by atoms with Gasteiger partial charge in [-0.05, 0) is 60.5 Å². The predicted octanol–water partition coefficient (Wildman–Crippen LogP) is 3.43. The van der Waals surface area contributed by atoms with E-state index in [1.165, 1.54) is 37.3 Å². The molecule has 3 rings (SSSR count). The highest BCUT2D eigenvalue weighted by Crippen LogP contribution is 2.21. The molecule has 0 aliphatic rings. The fraction of sp³-hybridized carbons (Fsp3) is 0.167. The van der Waals surface area contributed by atoms with E-state index < -0.39 is 10.0 Å². The van der Waals surface area contributed by atoms with Gasteiger partial charge in [-0.1, -0.05) is 24.3 Å². The Hall–Kier alpha value is -3.85. The minimum atomic E-state index is -3.94. The van der Waals surface area contributed by atoms with Crippen molar-refractivity contribution in [3.63, 3.8) is 0 Å². The van der Waals surface area contributed by atoms with E-state index in [1.54, 1.807) is 25.3 Å². The van der Waals surface area contributed by atoms with Gasteiger partial charge >= 0.3 is 0 Å². The van der Waals surface area contributed by atoms with E-state index >= 15 is 0 Å². The zero-order valence-corrected chi connectivity index (χ0v) is 19.1. The molecule has 3 N–H and O–H groups in total. The molecular weight excluding hydrogens is 442 g/mol. The van der Waals surface area contributed by atoms with E-state index in [1.807, 2.05) is 24.3 Å². The van der Waals surface area contributed by atoms with Crippen molar-refractivity contribution in [3.8, 4) is 5.75 Å². The highest BCUT2D eigenvalue weighted by atomic mass is 32.2. The van der Waals surface area contributed by atoms with Crippen LogP contribution in [0.3, 0.4) is 0 Å². The second-order valence-corrected chi connectivity index (χ2v) is 8.89. The predicted molar refractivity (Wildman–Crippen MR) is 127 cm³/mol. The average molecular weight is 468 g/mol. The van der Waals surface area contributed by atoms with Gasteiger partial charge in [-0.15, -0.1) is 0 Å². The molecule has 0 atom stereocenters. The van der Waals surface area contributed by atoms with E-state index in [9.17, 15) is 18.0 Å². The minimum absolute atomic E-state index is 0.00585. The van der Waals surface area contributed by atoms with Crippen molar-refractivity contribution < 1.29 is 22.7 Å². The number of ether oxygens (including phenoxy) is 1. The molecule has 0 saturated carbocycles. The van der Waals surface area contributed by atoms with Crippen molar-refractivity contribution in [1.82, 2.24) is 5.32 Å². The molecule has 8 nitrogen and oxygen atoms in total. The Morgan fingerprint density at radius 1 is 0.909 bits per heavy atom. The number of nitrogens with one attached hydrogen (secondary N) is 3. The average Bonchev–Trinajstić information content (AvgIpc) is 2.79. The van der Waals surface area contributed by atoms with Crippen LogP contribution < -0.4 is 20.1 Å². The second kappa shape index (κ2) is 10.6. The van der Waals surface area contributed by atoms with Gasteiger partial charge in [-0.25, -0.2) is 8.42 Å². The molecular formula is C24H25N3O5S. The Bertz CT molecular complexity index is 1220. The topological polar surface area (TPSA) is 114 Å². The van der Waals surface area contributed by atoms with Crippen molar-refractivity contribution in [2.24, 2.45) is 0 Å². The van der Waals surface area contributed by atoms with Gasteiger partial charge in [-0.3, -0.25) is 14.3 Å². The summed E-state index contributed by atoms with van der Waals surface area (Å²) in [6.07, 6.45) is 0.615. The number of rotatable bonds is 9. The molecule has 9 heteroatoms. The van der Waals surface area contributed by atoms with Crippen LogP contribution in [0.5, 0.6) is 5.75 Å². The zero-order valence-electron chi connectivity index (χ0n) is 18.3. The summed E-state index contributed by atoms with van der Waals surface area (Å²) in [5.74, 6) is 0.118. The third-order valence-corrected chi connectivity index (χ3v) is 6.14. The van der Waals surface area contributed by atoms with Gasteiger partial charge in [0, 0.05) is 19.2 Å². The molecule has 2 amide bonds. The van der Waals surface area contributed by atoms with E-state index in [2.05, 4.69) is 15.4 Å². The molecule has 172 valence electrons. The number of carbonyl (C=O) groups is 2. The van der Waals surface area contributed by atoms with Crippen molar-refractivity contribution >= 4 is 33.2 Å². The maximum atomic E-state index is 12.8. The Morgan fingerprint density at radius 3 is 2.21 bits per heavy atom. The van der Waals surface area contributed by atoms with Crippen LogP contribution in [0.1, 0.15) is 22.8 Å². The van der Waals surface area contributed by atoms with Crippen molar-refractivity contribution in [2.45, 2.75) is 18.2 Å². The van der Waals surface area contributed by atoms with Gasteiger partial charge in [0.15, 0.2) is 0 Å². The highest BCUT2D eigenvalue weighted by molar-refractivity contribution is 7.92. The summed E-state index contributed by atoms with van der Waals surface area (Å²) in [6, 6.07) is 19.7. The Balaban J connectivity index is 1.67. The number of hydrogen-bond acceptors (Lipinski definition) is 5. The van der Waals surface area contributed by atoms with Crippen LogP contribution >= 0.6 is 0 Å². The van der Waals surface area contributed by atoms with Crippen molar-refractivity contribution in [3.05, 3.63) is 83.9 Å². The molecule has 0 heterocycles. The molecule has 0 spiro atoms. The number of amides is 2. The first-order valence-electron chi connectivity index (χ1n) is 10.2. The molecule has 0 aromatic heterocycles. The largest absolute Gasteiger partial charge is 0.497 e. The fourth-order valence-electron chi connectivity index (χ4n) is 3.10. The summed E-state index contributed by atoms with van der Waals surface area (Å²) in [5, 5.41) is 5.40. The van der Waals surface area contributed by atoms with Crippen molar-refractivity contribution in [1.29, 1.82) is 0 Å². The first-order chi connectivity index (χ1) is 15.8. The summed E-state index contributed by atoms with van der Waals surface area (Å²) in [5.41, 5.74) is 1.90. The molecule has 3 aromatic carbocycles. The fourth-order valence-corrected chi connectivity index (χ4v) is 4.18. The van der Waals surface area contributed by atoms with E-state index in [4.69, 9.17) is 4.74 Å². The lowest BCUT2D eigenvalue weighted by atomic mass is 10.1. The van der Waals surface area contributed by atoms with Gasteiger partial charge in [0.2, 0.25) is 5.91 Å². The van der Waals surface area contributed by atoms with Crippen LogP contribution in [0.4, 0.5) is 11.4 Å². The molecule has 0 fully saturated rings. The molecule has 0 radical (unpaired) electrons. The quantitative estimate of drug-likeness (QED) is 0.446. The third kappa shape index (κ3) is 6.56. The number of methoxy groups -OCH3 is 1.